The number of amides is 1. The minimum absolute atomic E-state index is 0.0363. The average Bonchev–Trinajstić information content (AvgIpc) is 3.33. The van der Waals surface area contributed by atoms with Crippen LogP contribution in [0.5, 0.6) is 0 Å². The van der Waals surface area contributed by atoms with E-state index < -0.39 is 0 Å². The predicted molar refractivity (Wildman–Crippen MR) is 112 cm³/mol. The number of aliphatic imine (C=N–C) groups is 1. The smallest absolute Gasteiger partial charge is 0.243 e. The number of rotatable bonds is 8. The van der Waals surface area contributed by atoms with Gasteiger partial charge in [-0.2, -0.15) is 0 Å². The van der Waals surface area contributed by atoms with Crippen molar-refractivity contribution in [2.45, 2.75) is 45.1 Å². The largest absolute Gasteiger partial charge is 0.382 e. The zero-order chi connectivity index (χ0) is 19.9. The van der Waals surface area contributed by atoms with Crippen molar-refractivity contribution in [1.29, 1.82) is 0 Å². The molecule has 1 heterocycles. The number of carbonyl (C=O) groups is 1. The molecule has 3 aliphatic rings. The summed E-state index contributed by atoms with van der Waals surface area (Å²) in [5.41, 5.74) is 0. The zero-order valence-electron chi connectivity index (χ0n) is 18.0. The van der Waals surface area contributed by atoms with E-state index in [9.17, 15) is 4.79 Å². The lowest BCUT2D eigenvalue weighted by molar-refractivity contribution is -0.127. The molecule has 2 saturated carbocycles. The maximum atomic E-state index is 12.0. The third-order valence-corrected chi connectivity index (χ3v) is 6.60. The lowest BCUT2D eigenvalue weighted by Crippen LogP contribution is -2.55. The van der Waals surface area contributed by atoms with E-state index >= 15 is 0 Å². The Hall–Kier alpha value is -1.34. The number of fused-ring (bicyclic) bond motifs is 2. The van der Waals surface area contributed by atoms with Gasteiger partial charge in [0.1, 0.15) is 6.54 Å². The van der Waals surface area contributed by atoms with Crippen LogP contribution < -0.4 is 5.32 Å². The minimum Gasteiger partial charge on any atom is -0.382 e. The molecule has 0 aromatic carbocycles. The fraction of sp³-hybridized carbons (Fsp3) is 0.905. The summed E-state index contributed by atoms with van der Waals surface area (Å²) in [5, 5.41) is 3.46. The molecule has 2 aliphatic carbocycles. The highest BCUT2D eigenvalue weighted by molar-refractivity contribution is 5.84. The maximum absolute atomic E-state index is 12.0. The predicted octanol–water partition coefficient (Wildman–Crippen LogP) is 1.25. The Bertz CT molecular complexity index is 531. The number of hydrogen-bond donors (Lipinski definition) is 1. The maximum Gasteiger partial charge on any atom is 0.243 e. The monoisotopic (exact) mass is 393 g/mol. The van der Waals surface area contributed by atoms with Crippen molar-refractivity contribution in [3.05, 3.63) is 0 Å². The van der Waals surface area contributed by atoms with Gasteiger partial charge in [-0.25, -0.2) is 4.99 Å². The molecule has 7 nitrogen and oxygen atoms in total. The van der Waals surface area contributed by atoms with Gasteiger partial charge in [-0.1, -0.05) is 6.42 Å². The van der Waals surface area contributed by atoms with E-state index in [4.69, 9.17) is 4.74 Å². The standard InChI is InChI=1S/C21H39N5O2/c1-4-28-13-5-8-22-21(23-16-20(27)24(2)3)26-11-9-25(10-12-26)19-15-17-6-7-18(19)14-17/h17-19H,4-16H2,1-3H3,(H,22,23). The van der Waals surface area contributed by atoms with E-state index in [-0.39, 0.29) is 12.5 Å². The van der Waals surface area contributed by atoms with Crippen LogP contribution in [-0.4, -0.2) is 99.2 Å². The molecule has 1 amide bonds. The van der Waals surface area contributed by atoms with Crippen molar-refractivity contribution < 1.29 is 9.53 Å². The van der Waals surface area contributed by atoms with Crippen LogP contribution >= 0.6 is 0 Å². The Morgan fingerprint density at radius 1 is 1.18 bits per heavy atom. The molecular weight excluding hydrogens is 354 g/mol. The summed E-state index contributed by atoms with van der Waals surface area (Å²) >= 11 is 0. The van der Waals surface area contributed by atoms with Crippen LogP contribution in [0.4, 0.5) is 0 Å². The Morgan fingerprint density at radius 2 is 1.96 bits per heavy atom. The second-order valence-electron chi connectivity index (χ2n) is 8.67. The quantitative estimate of drug-likeness (QED) is 0.382. The van der Waals surface area contributed by atoms with Gasteiger partial charge in [0, 0.05) is 66.1 Å². The van der Waals surface area contributed by atoms with Gasteiger partial charge < -0.3 is 19.9 Å². The van der Waals surface area contributed by atoms with Gasteiger partial charge in [0.05, 0.1) is 0 Å². The summed E-state index contributed by atoms with van der Waals surface area (Å²) in [6, 6.07) is 0.816. The molecule has 3 unspecified atom stereocenters. The van der Waals surface area contributed by atoms with Gasteiger partial charge in [0.2, 0.25) is 5.91 Å². The summed E-state index contributed by atoms with van der Waals surface area (Å²) in [4.78, 5) is 23.3. The van der Waals surface area contributed by atoms with Crippen LogP contribution in [0.25, 0.3) is 0 Å². The molecule has 0 aromatic rings. The van der Waals surface area contributed by atoms with Crippen LogP contribution in [0.3, 0.4) is 0 Å². The van der Waals surface area contributed by atoms with Crippen LogP contribution in [0.1, 0.15) is 39.0 Å². The first-order valence-electron chi connectivity index (χ1n) is 11.1. The van der Waals surface area contributed by atoms with Crippen LogP contribution in [0.2, 0.25) is 0 Å². The van der Waals surface area contributed by atoms with Gasteiger partial charge in [0.25, 0.3) is 0 Å². The second-order valence-corrected chi connectivity index (χ2v) is 8.67. The highest BCUT2D eigenvalue weighted by atomic mass is 16.5. The molecular formula is C21H39N5O2. The van der Waals surface area contributed by atoms with Crippen molar-refractivity contribution in [2.75, 3.05) is 66.6 Å². The normalized spacial score (nSPS) is 28.0. The molecule has 3 rings (SSSR count). The Labute approximate surface area is 170 Å². The van der Waals surface area contributed by atoms with Crippen molar-refractivity contribution >= 4 is 11.9 Å². The van der Waals surface area contributed by atoms with Crippen LogP contribution in [0.15, 0.2) is 4.99 Å². The first-order valence-corrected chi connectivity index (χ1v) is 11.1. The molecule has 1 aliphatic heterocycles. The zero-order valence-corrected chi connectivity index (χ0v) is 18.0. The molecule has 1 N–H and O–H groups in total. The number of ether oxygens (including phenoxy) is 1. The van der Waals surface area contributed by atoms with E-state index in [1.807, 2.05) is 6.92 Å². The third kappa shape index (κ3) is 5.60. The van der Waals surface area contributed by atoms with Gasteiger partial charge in [-0.05, 0) is 44.4 Å². The molecule has 1 saturated heterocycles. The van der Waals surface area contributed by atoms with E-state index in [0.717, 1.165) is 76.2 Å². The van der Waals surface area contributed by atoms with Crippen molar-refractivity contribution in [2.24, 2.45) is 16.8 Å². The van der Waals surface area contributed by atoms with Gasteiger partial charge >= 0.3 is 0 Å². The SMILES string of the molecule is CCOCCCNC(=NCC(=O)N(C)C)N1CCN(C2CC3CCC2C3)CC1. The topological polar surface area (TPSA) is 60.4 Å². The second kappa shape index (κ2) is 10.4. The summed E-state index contributed by atoms with van der Waals surface area (Å²) < 4.78 is 5.42. The highest BCUT2D eigenvalue weighted by Crippen LogP contribution is 2.46. The number of carbonyl (C=O) groups excluding carboxylic acids is 1. The van der Waals surface area contributed by atoms with Gasteiger partial charge in [0.15, 0.2) is 5.96 Å². The Balaban J connectivity index is 1.50. The molecule has 0 spiro atoms. The van der Waals surface area contributed by atoms with Crippen molar-refractivity contribution in [3.63, 3.8) is 0 Å². The number of nitrogens with zero attached hydrogens (tertiary/aromatic N) is 4. The molecule has 28 heavy (non-hydrogen) atoms. The first-order chi connectivity index (χ1) is 13.6. The van der Waals surface area contributed by atoms with E-state index in [1.165, 1.54) is 25.7 Å². The fourth-order valence-corrected chi connectivity index (χ4v) is 4.99. The number of nitrogens with one attached hydrogen (secondary N) is 1. The van der Waals surface area contributed by atoms with Crippen molar-refractivity contribution in [1.82, 2.24) is 20.0 Å². The van der Waals surface area contributed by atoms with E-state index in [1.54, 1.807) is 19.0 Å². The van der Waals surface area contributed by atoms with Crippen LogP contribution in [-0.2, 0) is 9.53 Å². The molecule has 0 aromatic heterocycles. The number of likely N-dealkylation sites (N-methyl/N-ethyl adjacent to an activating group) is 1. The lowest BCUT2D eigenvalue weighted by Gasteiger charge is -2.42. The van der Waals surface area contributed by atoms with Gasteiger partial charge in [-0.3, -0.25) is 9.69 Å². The molecule has 3 atom stereocenters. The molecule has 160 valence electrons. The molecule has 0 radical (unpaired) electrons. The third-order valence-electron chi connectivity index (χ3n) is 6.60. The van der Waals surface area contributed by atoms with Crippen LogP contribution in [0, 0.1) is 11.8 Å². The molecule has 2 bridgehead atoms. The minimum atomic E-state index is 0.0363. The summed E-state index contributed by atoms with van der Waals surface area (Å²) in [7, 11) is 3.56. The van der Waals surface area contributed by atoms with E-state index in [0.29, 0.717) is 0 Å². The highest BCUT2D eigenvalue weighted by Gasteiger charge is 2.42. The lowest BCUT2D eigenvalue weighted by atomic mass is 9.93. The molecule has 3 fully saturated rings. The number of guanidine groups is 1. The fourth-order valence-electron chi connectivity index (χ4n) is 4.99. The summed E-state index contributed by atoms with van der Waals surface area (Å²) in [6.45, 7) is 8.74. The average molecular weight is 394 g/mol. The van der Waals surface area contributed by atoms with Crippen molar-refractivity contribution in [3.8, 4) is 0 Å². The Kier molecular flexibility index (Phi) is 7.97. The van der Waals surface area contributed by atoms with E-state index in [2.05, 4.69) is 20.1 Å². The van der Waals surface area contributed by atoms with Gasteiger partial charge in [-0.15, -0.1) is 0 Å². The number of piperazine rings is 1. The summed E-state index contributed by atoms with van der Waals surface area (Å²) in [5.74, 6) is 2.85. The molecule has 7 heteroatoms. The number of hydrogen-bond acceptors (Lipinski definition) is 4. The Morgan fingerprint density at radius 3 is 2.57 bits per heavy atom. The first kappa shape index (κ1) is 21.4. The summed E-state index contributed by atoms with van der Waals surface area (Å²) in [6.07, 6.45) is 6.73.